The number of carbonyl (C=O) groups excluding carboxylic acids is 1. The molecule has 0 aliphatic heterocycles. The molecule has 0 aliphatic carbocycles. The van der Waals surface area contributed by atoms with Crippen LogP contribution in [0, 0.1) is 0 Å². The number of ether oxygens (including phenoxy) is 2. The smallest absolute Gasteiger partial charge is 0.237 e. The normalized spacial score (nSPS) is 11.7. The fourth-order valence-electron chi connectivity index (χ4n) is 2.73. The fraction of sp³-hybridized carbons (Fsp3) is 0.300. The Morgan fingerprint density at radius 2 is 1.93 bits per heavy atom. The molecule has 9 heteroatoms. The van der Waals surface area contributed by atoms with Crippen molar-refractivity contribution in [2.75, 3.05) is 19.5 Å². The van der Waals surface area contributed by atoms with Crippen LogP contribution < -0.4 is 14.8 Å². The molecule has 1 amide bonds. The topological polar surface area (TPSA) is 91.2 Å². The van der Waals surface area contributed by atoms with Crippen LogP contribution in [-0.2, 0) is 11.3 Å². The van der Waals surface area contributed by atoms with Crippen LogP contribution in [-0.4, -0.2) is 45.1 Å². The first-order valence-electron chi connectivity index (χ1n) is 9.10. The number of anilines is 1. The first kappa shape index (κ1) is 20.7. The molecule has 0 bridgehead atoms. The quantitative estimate of drug-likeness (QED) is 0.565. The second kappa shape index (κ2) is 9.42. The van der Waals surface area contributed by atoms with E-state index in [2.05, 4.69) is 20.5 Å². The molecule has 1 N–H and O–H groups in total. The van der Waals surface area contributed by atoms with E-state index in [4.69, 9.17) is 9.47 Å². The number of aromatic nitrogens is 4. The predicted molar refractivity (Wildman–Crippen MR) is 112 cm³/mol. The maximum Gasteiger partial charge on any atom is 0.237 e. The second-order valence-electron chi connectivity index (χ2n) is 6.10. The Morgan fingerprint density at radius 3 is 2.59 bits per heavy atom. The van der Waals surface area contributed by atoms with Gasteiger partial charge in [-0.2, -0.15) is 0 Å². The fourth-order valence-corrected chi connectivity index (χ4v) is 3.65. The number of nitrogens with zero attached hydrogens (tertiary/aromatic N) is 4. The van der Waals surface area contributed by atoms with Crippen molar-refractivity contribution in [2.45, 2.75) is 30.8 Å². The van der Waals surface area contributed by atoms with Gasteiger partial charge in [-0.1, -0.05) is 11.8 Å². The predicted octanol–water partition coefficient (Wildman–Crippen LogP) is 3.50. The number of pyridine rings is 1. The Bertz CT molecular complexity index is 978. The maximum atomic E-state index is 12.8. The highest BCUT2D eigenvalue weighted by atomic mass is 32.2. The third-order valence-electron chi connectivity index (χ3n) is 4.29. The zero-order valence-electron chi connectivity index (χ0n) is 16.7. The summed E-state index contributed by atoms with van der Waals surface area (Å²) in [5, 5.41) is 11.8. The minimum absolute atomic E-state index is 0.169. The van der Waals surface area contributed by atoms with E-state index in [0.29, 0.717) is 28.9 Å². The van der Waals surface area contributed by atoms with Gasteiger partial charge in [-0.25, -0.2) is 0 Å². The zero-order chi connectivity index (χ0) is 20.8. The van der Waals surface area contributed by atoms with E-state index in [1.807, 2.05) is 30.5 Å². The van der Waals surface area contributed by atoms with Crippen molar-refractivity contribution in [2.24, 2.45) is 0 Å². The minimum Gasteiger partial charge on any atom is -0.497 e. The van der Waals surface area contributed by atoms with Gasteiger partial charge < -0.3 is 19.4 Å². The van der Waals surface area contributed by atoms with Gasteiger partial charge >= 0.3 is 0 Å². The van der Waals surface area contributed by atoms with Gasteiger partial charge in [0.15, 0.2) is 11.0 Å². The Labute approximate surface area is 173 Å². The molecule has 3 aromatic rings. The van der Waals surface area contributed by atoms with Crippen LogP contribution in [0.15, 0.2) is 47.9 Å². The molecular formula is C20H23N5O3S. The summed E-state index contributed by atoms with van der Waals surface area (Å²) in [5.41, 5.74) is 1.48. The lowest BCUT2D eigenvalue weighted by Gasteiger charge is -2.15. The first-order chi connectivity index (χ1) is 14.1. The molecule has 3 rings (SSSR count). The third-order valence-corrected chi connectivity index (χ3v) is 5.37. The van der Waals surface area contributed by atoms with Gasteiger partial charge in [-0.3, -0.25) is 9.78 Å². The van der Waals surface area contributed by atoms with Crippen LogP contribution in [0.5, 0.6) is 11.5 Å². The molecule has 2 heterocycles. The van der Waals surface area contributed by atoms with E-state index >= 15 is 0 Å². The van der Waals surface area contributed by atoms with Crippen molar-refractivity contribution in [3.8, 4) is 22.9 Å². The largest absolute Gasteiger partial charge is 0.497 e. The van der Waals surface area contributed by atoms with E-state index in [1.54, 1.807) is 44.8 Å². The van der Waals surface area contributed by atoms with Crippen LogP contribution in [0.3, 0.4) is 0 Å². The second-order valence-corrected chi connectivity index (χ2v) is 7.41. The summed E-state index contributed by atoms with van der Waals surface area (Å²) in [7, 11) is 3.13. The minimum atomic E-state index is -0.398. The van der Waals surface area contributed by atoms with Gasteiger partial charge in [-0.05, 0) is 38.1 Å². The van der Waals surface area contributed by atoms with Gasteiger partial charge in [0.1, 0.15) is 11.5 Å². The highest BCUT2D eigenvalue weighted by molar-refractivity contribution is 8.00. The number of hydrogen-bond acceptors (Lipinski definition) is 7. The van der Waals surface area contributed by atoms with Gasteiger partial charge in [0.2, 0.25) is 5.91 Å². The van der Waals surface area contributed by atoms with Gasteiger partial charge in [0, 0.05) is 30.6 Å². The standard InChI is InChI=1S/C20H23N5O3S/c1-5-25-18(14-8-10-21-11-9-14)23-24-20(25)29-13(2)19(26)22-16-12-15(27-3)6-7-17(16)28-4/h6-13H,5H2,1-4H3,(H,22,26). The summed E-state index contributed by atoms with van der Waals surface area (Å²) in [4.78, 5) is 16.8. The molecule has 8 nitrogen and oxygen atoms in total. The molecule has 0 radical (unpaired) electrons. The summed E-state index contributed by atoms with van der Waals surface area (Å²) in [6.45, 7) is 4.53. The number of benzene rings is 1. The number of nitrogens with one attached hydrogen (secondary N) is 1. The van der Waals surface area contributed by atoms with Crippen LogP contribution in [0.1, 0.15) is 13.8 Å². The van der Waals surface area contributed by atoms with Gasteiger partial charge in [0.05, 0.1) is 25.2 Å². The number of carbonyl (C=O) groups is 1. The van der Waals surface area contributed by atoms with Crippen LogP contribution in [0.4, 0.5) is 5.69 Å². The first-order valence-corrected chi connectivity index (χ1v) is 9.98. The summed E-state index contributed by atoms with van der Waals surface area (Å²) >= 11 is 1.35. The highest BCUT2D eigenvalue weighted by Crippen LogP contribution is 2.31. The molecule has 1 atom stereocenters. The number of thioether (sulfide) groups is 1. The zero-order valence-corrected chi connectivity index (χ0v) is 17.6. The number of methoxy groups -OCH3 is 2. The van der Waals surface area contributed by atoms with Crippen molar-refractivity contribution in [1.82, 2.24) is 19.7 Å². The average Bonchev–Trinajstić information content (AvgIpc) is 3.16. The summed E-state index contributed by atoms with van der Waals surface area (Å²) < 4.78 is 12.5. The Hall–Kier alpha value is -3.07. The van der Waals surface area contributed by atoms with Crippen molar-refractivity contribution < 1.29 is 14.3 Å². The molecule has 152 valence electrons. The van der Waals surface area contributed by atoms with Crippen molar-refractivity contribution in [3.05, 3.63) is 42.7 Å². The number of hydrogen-bond donors (Lipinski definition) is 1. The van der Waals surface area contributed by atoms with E-state index < -0.39 is 5.25 Å². The lowest BCUT2D eigenvalue weighted by atomic mass is 10.2. The molecule has 1 unspecified atom stereocenters. The molecule has 0 aliphatic rings. The average molecular weight is 414 g/mol. The van der Waals surface area contributed by atoms with E-state index in [9.17, 15) is 4.79 Å². The molecule has 0 fully saturated rings. The van der Waals surface area contributed by atoms with E-state index in [1.165, 1.54) is 11.8 Å². The lowest BCUT2D eigenvalue weighted by Crippen LogP contribution is -2.23. The van der Waals surface area contributed by atoms with Gasteiger partial charge in [0.25, 0.3) is 0 Å². The molecular weight excluding hydrogens is 390 g/mol. The van der Waals surface area contributed by atoms with Crippen LogP contribution in [0.2, 0.25) is 0 Å². The van der Waals surface area contributed by atoms with Crippen LogP contribution in [0.25, 0.3) is 11.4 Å². The monoisotopic (exact) mass is 413 g/mol. The van der Waals surface area contributed by atoms with E-state index in [-0.39, 0.29) is 5.91 Å². The van der Waals surface area contributed by atoms with Crippen molar-refractivity contribution in [1.29, 1.82) is 0 Å². The molecule has 0 spiro atoms. The summed E-state index contributed by atoms with van der Waals surface area (Å²) in [5.74, 6) is 1.78. The molecule has 0 saturated carbocycles. The highest BCUT2D eigenvalue weighted by Gasteiger charge is 2.21. The van der Waals surface area contributed by atoms with Crippen molar-refractivity contribution in [3.63, 3.8) is 0 Å². The Balaban J connectivity index is 1.76. The summed E-state index contributed by atoms with van der Waals surface area (Å²) in [6.07, 6.45) is 3.43. The lowest BCUT2D eigenvalue weighted by molar-refractivity contribution is -0.115. The molecule has 1 aromatic carbocycles. The van der Waals surface area contributed by atoms with Crippen LogP contribution >= 0.6 is 11.8 Å². The summed E-state index contributed by atoms with van der Waals surface area (Å²) in [6, 6.07) is 9.02. The van der Waals surface area contributed by atoms with Crippen molar-refractivity contribution >= 4 is 23.4 Å². The SMILES string of the molecule is CCn1c(SC(C)C(=O)Nc2cc(OC)ccc2OC)nnc1-c1ccncc1. The maximum absolute atomic E-state index is 12.8. The third kappa shape index (κ3) is 4.68. The van der Waals surface area contributed by atoms with Gasteiger partial charge in [-0.15, -0.1) is 10.2 Å². The Kier molecular flexibility index (Phi) is 6.71. The molecule has 2 aromatic heterocycles. The Morgan fingerprint density at radius 1 is 1.17 bits per heavy atom. The van der Waals surface area contributed by atoms with E-state index in [0.717, 1.165) is 11.4 Å². The number of amides is 1. The molecule has 0 saturated heterocycles. The number of rotatable bonds is 8. The molecule has 29 heavy (non-hydrogen) atoms.